The second kappa shape index (κ2) is 3.73. The number of rotatable bonds is 2. The van der Waals surface area contributed by atoms with Gasteiger partial charge in [-0.15, -0.1) is 0 Å². The number of hydrogen-bond donors (Lipinski definition) is 0. The van der Waals surface area contributed by atoms with Gasteiger partial charge in [-0.2, -0.15) is 0 Å². The Morgan fingerprint density at radius 2 is 1.82 bits per heavy atom. The summed E-state index contributed by atoms with van der Waals surface area (Å²) in [7, 11) is 0. The first-order valence-corrected chi connectivity index (χ1v) is 6.91. The van der Waals surface area contributed by atoms with E-state index in [1.807, 2.05) is 13.8 Å². The third-order valence-corrected chi connectivity index (χ3v) is 5.97. The van der Waals surface area contributed by atoms with Crippen LogP contribution in [0.25, 0.3) is 0 Å². The van der Waals surface area contributed by atoms with E-state index in [9.17, 15) is 4.79 Å². The number of fused-ring (bicyclic) bond motifs is 2. The van der Waals surface area contributed by atoms with E-state index in [4.69, 9.17) is 4.74 Å². The lowest BCUT2D eigenvalue weighted by Crippen LogP contribution is -2.43. The first-order valence-electron chi connectivity index (χ1n) is 6.91. The maximum Gasteiger partial charge on any atom is 0.308 e. The number of esters is 1. The van der Waals surface area contributed by atoms with E-state index >= 15 is 0 Å². The van der Waals surface area contributed by atoms with Crippen LogP contribution in [0.3, 0.4) is 0 Å². The largest absolute Gasteiger partial charge is 0.462 e. The highest BCUT2D eigenvalue weighted by atomic mass is 16.5. The summed E-state index contributed by atoms with van der Waals surface area (Å²) in [6.45, 7) is 13.2. The smallest absolute Gasteiger partial charge is 0.308 e. The predicted molar refractivity (Wildman–Crippen MR) is 68.5 cm³/mol. The summed E-state index contributed by atoms with van der Waals surface area (Å²) in [6.07, 6.45) is 2.48. The minimum absolute atomic E-state index is 0.0175. The molecule has 0 aromatic heterocycles. The summed E-state index contributed by atoms with van der Waals surface area (Å²) in [4.78, 5) is 11.8. The van der Waals surface area contributed by atoms with E-state index in [-0.39, 0.29) is 23.4 Å². The molecule has 2 fully saturated rings. The molecule has 2 bridgehead atoms. The molecule has 2 rings (SSSR count). The maximum atomic E-state index is 11.8. The van der Waals surface area contributed by atoms with Crippen molar-refractivity contribution >= 4 is 5.97 Å². The summed E-state index contributed by atoms with van der Waals surface area (Å²) >= 11 is 0. The highest BCUT2D eigenvalue weighted by molar-refractivity contribution is 5.71. The van der Waals surface area contributed by atoms with E-state index in [1.54, 1.807) is 0 Å². The van der Waals surface area contributed by atoms with Crippen LogP contribution in [-0.4, -0.2) is 12.1 Å². The topological polar surface area (TPSA) is 26.3 Å². The van der Waals surface area contributed by atoms with Gasteiger partial charge in [0.15, 0.2) is 0 Å². The molecule has 2 nitrogen and oxygen atoms in total. The van der Waals surface area contributed by atoms with Crippen LogP contribution in [0, 0.1) is 28.6 Å². The summed E-state index contributed by atoms with van der Waals surface area (Å²) in [5, 5.41) is 0. The van der Waals surface area contributed by atoms with Crippen molar-refractivity contribution in [2.24, 2.45) is 28.6 Å². The normalized spacial score (nSPS) is 43.1. The summed E-state index contributed by atoms with van der Waals surface area (Å²) in [5.41, 5.74) is 0.455. The third kappa shape index (κ3) is 1.56. The Bertz CT molecular complexity index is 332. The Morgan fingerprint density at radius 1 is 1.24 bits per heavy atom. The molecule has 2 heteroatoms. The van der Waals surface area contributed by atoms with Gasteiger partial charge in [-0.25, -0.2) is 0 Å². The molecule has 2 saturated carbocycles. The Labute approximate surface area is 105 Å². The van der Waals surface area contributed by atoms with Gasteiger partial charge in [0.1, 0.15) is 6.10 Å². The van der Waals surface area contributed by atoms with Crippen LogP contribution in [0.4, 0.5) is 0 Å². The number of hydrogen-bond acceptors (Lipinski definition) is 2. The fourth-order valence-electron chi connectivity index (χ4n) is 4.11. The Kier molecular flexibility index (Phi) is 2.83. The van der Waals surface area contributed by atoms with Crippen molar-refractivity contribution in [2.45, 2.75) is 60.5 Å². The van der Waals surface area contributed by atoms with Gasteiger partial charge >= 0.3 is 5.97 Å². The lowest BCUT2D eigenvalue weighted by molar-refractivity contribution is -0.163. The van der Waals surface area contributed by atoms with Gasteiger partial charge in [0.2, 0.25) is 0 Å². The van der Waals surface area contributed by atoms with Crippen molar-refractivity contribution in [1.82, 2.24) is 0 Å². The molecule has 4 atom stereocenters. The zero-order chi connectivity index (χ0) is 13.0. The third-order valence-electron chi connectivity index (χ3n) is 5.97. The molecular weight excluding hydrogens is 212 g/mol. The minimum atomic E-state index is -0.0354. The molecule has 0 aromatic rings. The van der Waals surface area contributed by atoms with E-state index in [0.717, 1.165) is 6.42 Å². The Balaban J connectivity index is 2.20. The van der Waals surface area contributed by atoms with Crippen molar-refractivity contribution in [3.05, 3.63) is 0 Å². The molecule has 1 unspecified atom stereocenters. The van der Waals surface area contributed by atoms with Gasteiger partial charge < -0.3 is 4.74 Å². The molecular formula is C15H26O2. The van der Waals surface area contributed by atoms with Gasteiger partial charge in [0.25, 0.3) is 0 Å². The molecule has 0 spiro atoms. The van der Waals surface area contributed by atoms with Crippen LogP contribution in [0.2, 0.25) is 0 Å². The molecule has 0 radical (unpaired) electrons. The molecule has 2 aliphatic carbocycles. The average molecular weight is 238 g/mol. The first-order chi connectivity index (χ1) is 7.71. The lowest BCUT2D eigenvalue weighted by atomic mass is 9.66. The average Bonchev–Trinajstić information content (AvgIpc) is 2.49. The minimum Gasteiger partial charge on any atom is -0.462 e. The van der Waals surface area contributed by atoms with Gasteiger partial charge in [-0.3, -0.25) is 4.79 Å². The van der Waals surface area contributed by atoms with E-state index in [0.29, 0.717) is 17.3 Å². The summed E-state index contributed by atoms with van der Waals surface area (Å²) < 4.78 is 5.78. The van der Waals surface area contributed by atoms with E-state index < -0.39 is 0 Å². The summed E-state index contributed by atoms with van der Waals surface area (Å²) in [6, 6.07) is 0. The van der Waals surface area contributed by atoms with Crippen LogP contribution < -0.4 is 0 Å². The quantitative estimate of drug-likeness (QED) is 0.686. The predicted octanol–water partition coefficient (Wildman–Crippen LogP) is 3.65. The number of carbonyl (C=O) groups excluding carboxylic acids is 1. The zero-order valence-corrected chi connectivity index (χ0v) is 12.0. The molecule has 0 heterocycles. The molecule has 2 aliphatic rings. The van der Waals surface area contributed by atoms with Crippen LogP contribution in [0.15, 0.2) is 0 Å². The second-order valence-electron chi connectivity index (χ2n) is 7.15. The van der Waals surface area contributed by atoms with Crippen LogP contribution in [0.1, 0.15) is 54.4 Å². The molecule has 0 amide bonds. The monoisotopic (exact) mass is 238 g/mol. The molecule has 0 aromatic carbocycles. The van der Waals surface area contributed by atoms with Crippen LogP contribution >= 0.6 is 0 Å². The Morgan fingerprint density at radius 3 is 2.24 bits per heavy atom. The van der Waals surface area contributed by atoms with Crippen LogP contribution in [-0.2, 0) is 9.53 Å². The van der Waals surface area contributed by atoms with Gasteiger partial charge in [0, 0.05) is 5.41 Å². The van der Waals surface area contributed by atoms with Crippen molar-refractivity contribution in [3.8, 4) is 0 Å². The highest BCUT2D eigenvalue weighted by Gasteiger charge is 2.66. The SMILES string of the molecule is CC(C)C(=O)OC1C[C@H]2C[C@@H](C)[C@@]1(C)C2(C)C. The van der Waals surface area contributed by atoms with Crippen molar-refractivity contribution < 1.29 is 9.53 Å². The first kappa shape index (κ1) is 12.9. The second-order valence-corrected chi connectivity index (χ2v) is 7.15. The fraction of sp³-hybridized carbons (Fsp3) is 0.933. The van der Waals surface area contributed by atoms with Gasteiger partial charge in [-0.1, -0.05) is 41.5 Å². The van der Waals surface area contributed by atoms with Gasteiger partial charge in [-0.05, 0) is 30.1 Å². The van der Waals surface area contributed by atoms with Crippen molar-refractivity contribution in [2.75, 3.05) is 0 Å². The van der Waals surface area contributed by atoms with Crippen LogP contribution in [0.5, 0.6) is 0 Å². The number of ether oxygens (including phenoxy) is 1. The zero-order valence-electron chi connectivity index (χ0n) is 12.0. The molecule has 0 saturated heterocycles. The standard InChI is InChI=1S/C15H26O2/c1-9(2)13(16)17-12-8-11-7-10(3)15(12,6)14(11,4)5/h9-12H,7-8H2,1-6H3/t10-,11-,12?,15-/m1/s1. The van der Waals surface area contributed by atoms with E-state index in [2.05, 4.69) is 27.7 Å². The Hall–Kier alpha value is -0.530. The molecule has 0 N–H and O–H groups in total. The van der Waals surface area contributed by atoms with E-state index in [1.165, 1.54) is 6.42 Å². The highest BCUT2D eigenvalue weighted by Crippen LogP contribution is 2.68. The number of carbonyl (C=O) groups is 1. The van der Waals surface area contributed by atoms with Crippen molar-refractivity contribution in [3.63, 3.8) is 0 Å². The molecule has 0 aliphatic heterocycles. The molecule has 98 valence electrons. The molecule has 17 heavy (non-hydrogen) atoms. The van der Waals surface area contributed by atoms with Crippen molar-refractivity contribution in [1.29, 1.82) is 0 Å². The fourth-order valence-corrected chi connectivity index (χ4v) is 4.11. The maximum absolute atomic E-state index is 11.8. The lowest BCUT2D eigenvalue weighted by Gasteiger charge is -2.42. The van der Waals surface area contributed by atoms with Gasteiger partial charge in [0.05, 0.1) is 5.92 Å². The summed E-state index contributed by atoms with van der Waals surface area (Å²) in [5.74, 6) is 1.32.